The van der Waals surface area contributed by atoms with Gasteiger partial charge in [0.2, 0.25) is 0 Å². The summed E-state index contributed by atoms with van der Waals surface area (Å²) < 4.78 is 65.2. The second-order valence-electron chi connectivity index (χ2n) is 5.21. The first-order valence-electron chi connectivity index (χ1n) is 6.62. The topological polar surface area (TPSA) is 161 Å². The van der Waals surface area contributed by atoms with Crippen molar-refractivity contribution < 1.29 is 25.9 Å². The molecule has 0 aliphatic heterocycles. The Morgan fingerprint density at radius 2 is 1.67 bits per heavy atom. The number of anilines is 1. The Labute approximate surface area is 139 Å². The van der Waals surface area contributed by atoms with E-state index in [9.17, 15) is 25.9 Å². The molecule has 0 fully saturated rings. The van der Waals surface area contributed by atoms with Crippen LogP contribution in [0.1, 0.15) is 5.56 Å². The van der Waals surface area contributed by atoms with Crippen LogP contribution in [0.5, 0.6) is 0 Å². The predicted molar refractivity (Wildman–Crippen MR) is 90.6 cm³/mol. The monoisotopic (exact) mass is 372 g/mol. The van der Waals surface area contributed by atoms with Gasteiger partial charge in [0.05, 0.1) is 0 Å². The fourth-order valence-corrected chi connectivity index (χ4v) is 4.56. The van der Waals surface area contributed by atoms with Crippen molar-refractivity contribution in [3.63, 3.8) is 0 Å². The maximum absolute atomic E-state index is 11.8. The Morgan fingerprint density at radius 1 is 1.08 bits per heavy atom. The molecule has 0 saturated carbocycles. The highest BCUT2D eigenvalue weighted by Gasteiger charge is 2.53. The molecule has 10 heteroatoms. The summed E-state index contributed by atoms with van der Waals surface area (Å²) in [5, 5.41) is 0. The lowest BCUT2D eigenvalue weighted by Gasteiger charge is -2.33. The number of hydrogen-bond donors (Lipinski definition) is 4. The van der Waals surface area contributed by atoms with Gasteiger partial charge in [-0.3, -0.25) is 9.11 Å². The average molecular weight is 372 g/mol. The van der Waals surface area contributed by atoms with Gasteiger partial charge in [0.25, 0.3) is 20.2 Å². The summed E-state index contributed by atoms with van der Waals surface area (Å²) >= 11 is 0. The molecule has 0 spiro atoms. The summed E-state index contributed by atoms with van der Waals surface area (Å²) in [6.07, 6.45) is 6.17. The van der Waals surface area contributed by atoms with Crippen molar-refractivity contribution in [2.24, 2.45) is 11.7 Å². The SMILES string of the molecule is Nc1ccc(C=CC2C=CC=C(S(=O)(=O)O)C2(N)S(=O)(=O)O)cc1. The molecule has 0 saturated heterocycles. The molecule has 1 aromatic carbocycles. The summed E-state index contributed by atoms with van der Waals surface area (Å²) in [7, 11) is -10.0. The number of benzene rings is 1. The highest BCUT2D eigenvalue weighted by molar-refractivity contribution is 7.93. The lowest BCUT2D eigenvalue weighted by molar-refractivity contribution is 0.417. The molecule has 2 atom stereocenters. The Bertz CT molecular complexity index is 930. The molecule has 0 radical (unpaired) electrons. The first-order chi connectivity index (χ1) is 11.0. The second-order valence-corrected chi connectivity index (χ2v) is 8.23. The number of nitrogens with two attached hydrogens (primary N) is 2. The molecule has 0 bridgehead atoms. The van der Waals surface area contributed by atoms with Crippen LogP contribution in [0.4, 0.5) is 5.69 Å². The lowest BCUT2D eigenvalue weighted by atomic mass is 9.93. The first-order valence-corrected chi connectivity index (χ1v) is 9.50. The minimum atomic E-state index is -5.07. The first kappa shape index (κ1) is 18.4. The van der Waals surface area contributed by atoms with Gasteiger partial charge in [-0.15, -0.1) is 0 Å². The fraction of sp³-hybridized carbons (Fsp3) is 0.143. The molecule has 2 unspecified atom stereocenters. The van der Waals surface area contributed by atoms with E-state index in [-0.39, 0.29) is 0 Å². The van der Waals surface area contributed by atoms with Gasteiger partial charge in [-0.2, -0.15) is 16.8 Å². The highest BCUT2D eigenvalue weighted by atomic mass is 32.2. The molecular weight excluding hydrogens is 356 g/mol. The molecule has 24 heavy (non-hydrogen) atoms. The number of hydrogen-bond acceptors (Lipinski definition) is 6. The van der Waals surface area contributed by atoms with Crippen LogP contribution in [0.25, 0.3) is 6.08 Å². The molecule has 2 rings (SSSR count). The molecule has 1 aromatic rings. The third kappa shape index (κ3) is 3.42. The van der Waals surface area contributed by atoms with Gasteiger partial charge >= 0.3 is 0 Å². The van der Waals surface area contributed by atoms with Crippen molar-refractivity contribution in [3.05, 3.63) is 59.0 Å². The van der Waals surface area contributed by atoms with Gasteiger partial charge in [-0.05, 0) is 23.8 Å². The van der Waals surface area contributed by atoms with Crippen molar-refractivity contribution in [2.45, 2.75) is 4.87 Å². The molecule has 0 heterocycles. The van der Waals surface area contributed by atoms with E-state index in [1.54, 1.807) is 24.3 Å². The molecule has 6 N–H and O–H groups in total. The third-order valence-electron chi connectivity index (χ3n) is 3.58. The van der Waals surface area contributed by atoms with E-state index < -0.39 is 35.9 Å². The van der Waals surface area contributed by atoms with Crippen molar-refractivity contribution in [3.8, 4) is 0 Å². The van der Waals surface area contributed by atoms with E-state index in [0.717, 1.165) is 6.08 Å². The van der Waals surface area contributed by atoms with Crippen LogP contribution in [-0.2, 0) is 20.2 Å². The van der Waals surface area contributed by atoms with Crippen LogP contribution < -0.4 is 11.5 Å². The highest BCUT2D eigenvalue weighted by Crippen LogP contribution is 2.37. The van der Waals surface area contributed by atoms with E-state index in [1.165, 1.54) is 24.3 Å². The van der Waals surface area contributed by atoms with Crippen molar-refractivity contribution >= 4 is 32.0 Å². The minimum Gasteiger partial charge on any atom is -0.399 e. The maximum Gasteiger partial charge on any atom is 0.293 e. The maximum atomic E-state index is 11.8. The molecule has 130 valence electrons. The van der Waals surface area contributed by atoms with Crippen LogP contribution in [0, 0.1) is 5.92 Å². The van der Waals surface area contributed by atoms with Crippen molar-refractivity contribution in [1.29, 1.82) is 0 Å². The quantitative estimate of drug-likeness (QED) is 0.445. The third-order valence-corrected chi connectivity index (χ3v) is 6.09. The number of rotatable bonds is 4. The Morgan fingerprint density at radius 3 is 2.17 bits per heavy atom. The summed E-state index contributed by atoms with van der Waals surface area (Å²) in [6, 6.07) is 6.56. The van der Waals surface area contributed by atoms with Crippen LogP contribution in [0.3, 0.4) is 0 Å². The fourth-order valence-electron chi connectivity index (χ4n) is 2.32. The molecule has 8 nitrogen and oxygen atoms in total. The Hall–Kier alpha value is -1.98. The van der Waals surface area contributed by atoms with Gasteiger partial charge in [-0.25, -0.2) is 0 Å². The van der Waals surface area contributed by atoms with Gasteiger partial charge in [-0.1, -0.05) is 36.4 Å². The molecule has 0 aromatic heterocycles. The van der Waals surface area contributed by atoms with Gasteiger partial charge in [0.15, 0.2) is 4.87 Å². The van der Waals surface area contributed by atoms with Crippen LogP contribution >= 0.6 is 0 Å². The van der Waals surface area contributed by atoms with E-state index in [1.807, 2.05) is 0 Å². The lowest BCUT2D eigenvalue weighted by Crippen LogP contribution is -2.56. The van der Waals surface area contributed by atoms with Crippen LogP contribution in [-0.4, -0.2) is 30.8 Å². The zero-order valence-corrected chi connectivity index (χ0v) is 13.9. The summed E-state index contributed by atoms with van der Waals surface area (Å²) in [5.74, 6) is -1.23. The smallest absolute Gasteiger partial charge is 0.293 e. The van der Waals surface area contributed by atoms with E-state index in [4.69, 9.17) is 11.5 Å². The zero-order chi connectivity index (χ0) is 18.2. The van der Waals surface area contributed by atoms with Gasteiger partial charge < -0.3 is 11.5 Å². The molecule has 1 aliphatic rings. The van der Waals surface area contributed by atoms with E-state index >= 15 is 0 Å². The largest absolute Gasteiger partial charge is 0.399 e. The molecular formula is C14H16N2O6S2. The Kier molecular flexibility index (Phi) is 4.70. The van der Waals surface area contributed by atoms with Crippen LogP contribution in [0.15, 0.2) is 53.5 Å². The average Bonchev–Trinajstić information content (AvgIpc) is 2.45. The second kappa shape index (κ2) is 6.15. The zero-order valence-electron chi connectivity index (χ0n) is 12.3. The van der Waals surface area contributed by atoms with E-state index in [0.29, 0.717) is 11.3 Å². The molecule has 0 amide bonds. The summed E-state index contributed by atoms with van der Waals surface area (Å²) in [4.78, 5) is -3.74. The van der Waals surface area contributed by atoms with Gasteiger partial charge in [0, 0.05) is 11.6 Å². The van der Waals surface area contributed by atoms with Crippen molar-refractivity contribution in [1.82, 2.24) is 0 Å². The van der Waals surface area contributed by atoms with Gasteiger partial charge in [0.1, 0.15) is 4.91 Å². The van der Waals surface area contributed by atoms with Crippen molar-refractivity contribution in [2.75, 3.05) is 5.73 Å². The van der Waals surface area contributed by atoms with Crippen LogP contribution in [0.2, 0.25) is 0 Å². The number of nitrogen functional groups attached to an aromatic ring is 1. The predicted octanol–water partition coefficient (Wildman–Crippen LogP) is 0.783. The summed E-state index contributed by atoms with van der Waals surface area (Å²) in [5.41, 5.74) is 12.5. The minimum absolute atomic E-state index is 0.535. The Balaban J connectivity index is 2.51. The molecule has 1 aliphatic carbocycles. The summed E-state index contributed by atoms with van der Waals surface area (Å²) in [6.45, 7) is 0. The normalized spacial score (nSPS) is 25.0. The number of allylic oxidation sites excluding steroid dienone is 2. The van der Waals surface area contributed by atoms with E-state index in [2.05, 4.69) is 0 Å². The standard InChI is InChI=1S/C14H16N2O6S2/c15-12-8-5-10(6-9-12)4-7-11-2-1-3-13(23(17,18)19)14(11,16)24(20,21)22/h1-9,11H,15-16H2,(H,17,18,19)(H,20,21,22).